The molecule has 2 heterocycles. The van der Waals surface area contributed by atoms with Crippen LogP contribution in [-0.4, -0.2) is 40.1 Å². The Hall–Kier alpha value is -1.92. The monoisotopic (exact) mass is 318 g/mol. The van der Waals surface area contributed by atoms with Crippen LogP contribution < -0.4 is 4.74 Å². The summed E-state index contributed by atoms with van der Waals surface area (Å²) >= 11 is 1.51. The van der Waals surface area contributed by atoms with Crippen LogP contribution >= 0.6 is 11.3 Å². The molecule has 1 aromatic carbocycles. The molecule has 116 valence electrons. The molecule has 22 heavy (non-hydrogen) atoms. The summed E-state index contributed by atoms with van der Waals surface area (Å²) in [6.07, 6.45) is 1.15. The van der Waals surface area contributed by atoms with Crippen LogP contribution in [0, 0.1) is 0 Å². The number of carbonyl (C=O) groups excluding carboxylic acids is 1. The molecule has 1 saturated heterocycles. The average molecular weight is 318 g/mol. The number of piperidine rings is 1. The Balaban J connectivity index is 1.73. The lowest BCUT2D eigenvalue weighted by molar-refractivity contribution is 0.0470. The number of rotatable bonds is 4. The van der Waals surface area contributed by atoms with Gasteiger partial charge in [0.2, 0.25) is 0 Å². The third kappa shape index (κ3) is 3.45. The lowest BCUT2D eigenvalue weighted by atomic mass is 10.1. The fourth-order valence-corrected chi connectivity index (χ4v) is 3.08. The van der Waals surface area contributed by atoms with Gasteiger partial charge in [0.15, 0.2) is 0 Å². The average Bonchev–Trinajstić information content (AvgIpc) is 3.06. The van der Waals surface area contributed by atoms with Crippen LogP contribution in [-0.2, 0) is 6.61 Å². The maximum absolute atomic E-state index is 12.6. The number of para-hydroxylation sites is 1. The van der Waals surface area contributed by atoms with E-state index in [-0.39, 0.29) is 5.91 Å². The van der Waals surface area contributed by atoms with Gasteiger partial charge in [0, 0.05) is 18.5 Å². The molecule has 1 aromatic heterocycles. The van der Waals surface area contributed by atoms with Crippen LogP contribution in [0.1, 0.15) is 28.9 Å². The predicted octanol–water partition coefficient (Wildman–Crippen LogP) is 2.32. The van der Waals surface area contributed by atoms with E-state index in [0.29, 0.717) is 31.0 Å². The van der Waals surface area contributed by atoms with Gasteiger partial charge in [0.1, 0.15) is 12.4 Å². The van der Waals surface area contributed by atoms with Crippen molar-refractivity contribution in [2.24, 2.45) is 0 Å². The van der Waals surface area contributed by atoms with Crippen molar-refractivity contribution in [3.05, 3.63) is 46.4 Å². The number of aromatic nitrogens is 1. The number of aliphatic hydroxyl groups is 1. The summed E-state index contributed by atoms with van der Waals surface area (Å²) in [6, 6.07) is 7.22. The molecule has 6 heteroatoms. The lowest BCUT2D eigenvalue weighted by Crippen LogP contribution is -2.42. The summed E-state index contributed by atoms with van der Waals surface area (Å²) in [6.45, 7) is 1.41. The van der Waals surface area contributed by atoms with E-state index in [2.05, 4.69) is 4.98 Å². The molecule has 3 rings (SSSR count). The molecule has 1 unspecified atom stereocenters. The number of β-amino-alcohol motifs (C(OH)–C–C–N with tert-alkyl or cyclic N) is 1. The molecular weight excluding hydrogens is 300 g/mol. The zero-order chi connectivity index (χ0) is 15.4. The Kier molecular flexibility index (Phi) is 4.70. The van der Waals surface area contributed by atoms with E-state index in [1.54, 1.807) is 22.5 Å². The quantitative estimate of drug-likeness (QED) is 0.940. The Morgan fingerprint density at radius 2 is 2.32 bits per heavy atom. The normalized spacial score (nSPS) is 18.2. The van der Waals surface area contributed by atoms with E-state index in [1.165, 1.54) is 11.3 Å². The van der Waals surface area contributed by atoms with Crippen LogP contribution in [0.4, 0.5) is 0 Å². The van der Waals surface area contributed by atoms with Crippen molar-refractivity contribution < 1.29 is 14.6 Å². The van der Waals surface area contributed by atoms with Crippen LogP contribution in [0.5, 0.6) is 5.75 Å². The van der Waals surface area contributed by atoms with Gasteiger partial charge in [-0.2, -0.15) is 0 Å². The number of thiazole rings is 1. The first-order valence-electron chi connectivity index (χ1n) is 7.30. The highest BCUT2D eigenvalue weighted by Crippen LogP contribution is 2.23. The van der Waals surface area contributed by atoms with E-state index in [0.717, 1.165) is 18.5 Å². The minimum Gasteiger partial charge on any atom is -0.486 e. The largest absolute Gasteiger partial charge is 0.486 e. The number of hydrogen-bond acceptors (Lipinski definition) is 5. The van der Waals surface area contributed by atoms with Gasteiger partial charge < -0.3 is 14.7 Å². The van der Waals surface area contributed by atoms with Gasteiger partial charge in [-0.25, -0.2) is 4.98 Å². The van der Waals surface area contributed by atoms with Gasteiger partial charge in [-0.1, -0.05) is 12.1 Å². The Bertz CT molecular complexity index is 630. The Morgan fingerprint density at radius 1 is 1.45 bits per heavy atom. The number of ether oxygens (including phenoxy) is 1. The van der Waals surface area contributed by atoms with Crippen molar-refractivity contribution >= 4 is 17.2 Å². The topological polar surface area (TPSA) is 62.7 Å². The fourth-order valence-electron chi connectivity index (χ4n) is 2.54. The number of likely N-dealkylation sites (tertiary alicyclic amines) is 1. The zero-order valence-electron chi connectivity index (χ0n) is 12.1. The summed E-state index contributed by atoms with van der Waals surface area (Å²) in [5.74, 6) is 0.466. The molecule has 1 aliphatic rings. The van der Waals surface area contributed by atoms with Crippen molar-refractivity contribution in [3.63, 3.8) is 0 Å². The number of hydrogen-bond donors (Lipinski definition) is 1. The van der Waals surface area contributed by atoms with Crippen molar-refractivity contribution in [2.45, 2.75) is 25.6 Å². The van der Waals surface area contributed by atoms with E-state index in [9.17, 15) is 9.90 Å². The highest BCUT2D eigenvalue weighted by Gasteiger charge is 2.25. The number of amides is 1. The molecule has 0 saturated carbocycles. The standard InChI is InChI=1S/C16H18N2O3S/c19-13-4-3-7-18(8-13)16(20)14-5-1-2-6-15(14)21-9-12-10-22-11-17-12/h1-2,5-6,10-11,13,19H,3-4,7-9H2. The maximum Gasteiger partial charge on any atom is 0.257 e. The molecular formula is C16H18N2O3S. The van der Waals surface area contributed by atoms with Crippen molar-refractivity contribution in [3.8, 4) is 5.75 Å². The molecule has 0 radical (unpaired) electrons. The van der Waals surface area contributed by atoms with Crippen molar-refractivity contribution in [2.75, 3.05) is 13.1 Å². The Labute approximate surface area is 133 Å². The number of benzene rings is 1. The number of carbonyl (C=O) groups is 1. The summed E-state index contributed by atoms with van der Waals surface area (Å²) in [4.78, 5) is 18.5. The van der Waals surface area contributed by atoms with Crippen LogP contribution in [0.2, 0.25) is 0 Å². The zero-order valence-corrected chi connectivity index (χ0v) is 13.0. The van der Waals surface area contributed by atoms with E-state index >= 15 is 0 Å². The summed E-state index contributed by atoms with van der Waals surface area (Å²) in [5.41, 5.74) is 3.14. The number of aliphatic hydroxyl groups excluding tert-OH is 1. The Morgan fingerprint density at radius 3 is 3.09 bits per heavy atom. The molecule has 1 aliphatic heterocycles. The summed E-state index contributed by atoms with van der Waals surface area (Å²) in [5, 5.41) is 11.7. The predicted molar refractivity (Wildman–Crippen MR) is 84.0 cm³/mol. The second-order valence-corrected chi connectivity index (χ2v) is 6.03. The molecule has 0 aliphatic carbocycles. The maximum atomic E-state index is 12.6. The molecule has 2 aromatic rings. The minimum atomic E-state index is -0.430. The van der Waals surface area contributed by atoms with E-state index in [4.69, 9.17) is 4.74 Å². The molecule has 1 atom stereocenters. The first kappa shape index (κ1) is 15.0. The van der Waals surface area contributed by atoms with Crippen molar-refractivity contribution in [1.82, 2.24) is 9.88 Å². The van der Waals surface area contributed by atoms with Gasteiger partial charge in [-0.05, 0) is 25.0 Å². The second kappa shape index (κ2) is 6.89. The van der Waals surface area contributed by atoms with Crippen LogP contribution in [0.15, 0.2) is 35.2 Å². The van der Waals surface area contributed by atoms with Crippen LogP contribution in [0.25, 0.3) is 0 Å². The SMILES string of the molecule is O=C(c1ccccc1OCc1cscn1)N1CCCC(O)C1. The van der Waals surface area contributed by atoms with Crippen molar-refractivity contribution in [1.29, 1.82) is 0 Å². The molecule has 0 bridgehead atoms. The highest BCUT2D eigenvalue weighted by molar-refractivity contribution is 7.07. The van der Waals surface area contributed by atoms with Gasteiger partial charge in [0.25, 0.3) is 5.91 Å². The molecule has 1 fully saturated rings. The van der Waals surface area contributed by atoms with Gasteiger partial charge in [0.05, 0.1) is 22.9 Å². The second-order valence-electron chi connectivity index (χ2n) is 5.31. The third-order valence-electron chi connectivity index (χ3n) is 3.66. The lowest BCUT2D eigenvalue weighted by Gasteiger charge is -2.30. The highest BCUT2D eigenvalue weighted by atomic mass is 32.1. The van der Waals surface area contributed by atoms with Gasteiger partial charge >= 0.3 is 0 Å². The number of nitrogens with zero attached hydrogens (tertiary/aromatic N) is 2. The molecule has 0 spiro atoms. The van der Waals surface area contributed by atoms with Gasteiger partial charge in [-0.15, -0.1) is 11.3 Å². The third-order valence-corrected chi connectivity index (χ3v) is 4.30. The molecule has 1 N–H and O–H groups in total. The first-order valence-corrected chi connectivity index (χ1v) is 8.24. The summed E-state index contributed by atoms with van der Waals surface area (Å²) in [7, 11) is 0. The van der Waals surface area contributed by atoms with E-state index in [1.807, 2.05) is 17.5 Å². The molecule has 5 nitrogen and oxygen atoms in total. The first-order chi connectivity index (χ1) is 10.7. The smallest absolute Gasteiger partial charge is 0.257 e. The summed E-state index contributed by atoms with van der Waals surface area (Å²) < 4.78 is 5.75. The van der Waals surface area contributed by atoms with Crippen LogP contribution in [0.3, 0.4) is 0 Å². The van der Waals surface area contributed by atoms with E-state index < -0.39 is 6.10 Å². The van der Waals surface area contributed by atoms with Gasteiger partial charge in [-0.3, -0.25) is 4.79 Å². The fraction of sp³-hybridized carbons (Fsp3) is 0.375. The molecule has 1 amide bonds. The minimum absolute atomic E-state index is 0.0902.